The van der Waals surface area contributed by atoms with Crippen LogP contribution in [0.2, 0.25) is 0 Å². The molecule has 1 aromatic heterocycles. The van der Waals surface area contributed by atoms with Crippen molar-refractivity contribution in [1.82, 2.24) is 5.16 Å². The minimum Gasteiger partial charge on any atom is -0.490 e. The zero-order valence-corrected chi connectivity index (χ0v) is 8.91. The number of nitro benzene ring substituents is 1. The minimum atomic E-state index is -0.514. The van der Waals surface area contributed by atoms with E-state index in [4.69, 9.17) is 15.0 Å². The molecular formula is C10H9N3O4. The average molecular weight is 235 g/mol. The molecule has 88 valence electrons. The molecule has 2 rings (SSSR count). The summed E-state index contributed by atoms with van der Waals surface area (Å²) in [5.41, 5.74) is 6.42. The molecule has 0 spiro atoms. The van der Waals surface area contributed by atoms with E-state index in [1.54, 1.807) is 6.07 Å². The van der Waals surface area contributed by atoms with Crippen LogP contribution in [-0.2, 0) is 0 Å². The van der Waals surface area contributed by atoms with Gasteiger partial charge in [0.15, 0.2) is 5.75 Å². The van der Waals surface area contributed by atoms with Crippen molar-refractivity contribution >= 4 is 11.6 Å². The lowest BCUT2D eigenvalue weighted by Gasteiger charge is -2.02. The van der Waals surface area contributed by atoms with Gasteiger partial charge in [0.25, 0.3) is 0 Å². The van der Waals surface area contributed by atoms with Gasteiger partial charge < -0.3 is 15.0 Å². The Labute approximate surface area is 95.9 Å². The Hall–Kier alpha value is -2.57. The van der Waals surface area contributed by atoms with Crippen molar-refractivity contribution in [3.8, 4) is 17.0 Å². The van der Waals surface area contributed by atoms with Crippen LogP contribution in [0, 0.1) is 10.1 Å². The van der Waals surface area contributed by atoms with Crippen LogP contribution >= 0.6 is 0 Å². The third-order valence-electron chi connectivity index (χ3n) is 2.20. The number of hydrogen-bond donors (Lipinski definition) is 1. The summed E-state index contributed by atoms with van der Waals surface area (Å²) in [6, 6.07) is 5.94. The Morgan fingerprint density at radius 1 is 1.47 bits per heavy atom. The summed E-state index contributed by atoms with van der Waals surface area (Å²) >= 11 is 0. The van der Waals surface area contributed by atoms with E-state index in [1.807, 2.05) is 0 Å². The molecule has 1 aromatic carbocycles. The number of nitrogens with zero attached hydrogens (tertiary/aromatic N) is 2. The van der Waals surface area contributed by atoms with Gasteiger partial charge in [-0.2, -0.15) is 0 Å². The highest BCUT2D eigenvalue weighted by atomic mass is 16.6. The van der Waals surface area contributed by atoms with Gasteiger partial charge in [0.1, 0.15) is 5.69 Å². The molecule has 0 aliphatic heterocycles. The van der Waals surface area contributed by atoms with Crippen LogP contribution in [0.4, 0.5) is 11.6 Å². The van der Waals surface area contributed by atoms with Crippen molar-refractivity contribution in [3.05, 3.63) is 34.4 Å². The van der Waals surface area contributed by atoms with Gasteiger partial charge in [-0.3, -0.25) is 10.1 Å². The third-order valence-corrected chi connectivity index (χ3v) is 2.20. The molecule has 0 unspecified atom stereocenters. The predicted molar refractivity (Wildman–Crippen MR) is 59.6 cm³/mol. The molecule has 7 heteroatoms. The summed E-state index contributed by atoms with van der Waals surface area (Å²) < 4.78 is 9.67. The molecule has 0 atom stereocenters. The van der Waals surface area contributed by atoms with E-state index < -0.39 is 4.92 Å². The highest BCUT2D eigenvalue weighted by Crippen LogP contribution is 2.32. The van der Waals surface area contributed by atoms with Crippen molar-refractivity contribution in [1.29, 1.82) is 0 Å². The monoisotopic (exact) mass is 235 g/mol. The summed E-state index contributed by atoms with van der Waals surface area (Å²) in [5.74, 6) is 0.339. The minimum absolute atomic E-state index is 0.104. The van der Waals surface area contributed by atoms with Gasteiger partial charge in [0.2, 0.25) is 5.88 Å². The van der Waals surface area contributed by atoms with Gasteiger partial charge in [0, 0.05) is 17.7 Å². The number of nitro groups is 1. The first-order valence-electron chi connectivity index (χ1n) is 4.67. The van der Waals surface area contributed by atoms with E-state index in [1.165, 1.54) is 25.3 Å². The number of ether oxygens (including phenoxy) is 1. The molecule has 2 aromatic rings. The molecule has 17 heavy (non-hydrogen) atoms. The van der Waals surface area contributed by atoms with Crippen LogP contribution in [0.15, 0.2) is 28.8 Å². The van der Waals surface area contributed by atoms with Crippen LogP contribution < -0.4 is 10.5 Å². The van der Waals surface area contributed by atoms with Crippen LogP contribution in [0.25, 0.3) is 11.3 Å². The Morgan fingerprint density at radius 3 is 2.76 bits per heavy atom. The Bertz CT molecular complexity index is 564. The summed E-state index contributed by atoms with van der Waals surface area (Å²) in [6.45, 7) is 0. The average Bonchev–Trinajstić information content (AvgIpc) is 2.75. The standard InChI is InChI=1S/C10H9N3O4/c1-16-9-4-6(2-3-8(9)13(14)15)7-5-10(11)17-12-7/h2-5H,11H2,1H3. The van der Waals surface area contributed by atoms with Crippen molar-refractivity contribution in [2.45, 2.75) is 0 Å². The van der Waals surface area contributed by atoms with E-state index in [0.717, 1.165) is 0 Å². The number of nitrogens with two attached hydrogens (primary N) is 1. The smallest absolute Gasteiger partial charge is 0.310 e. The normalized spacial score (nSPS) is 10.2. The van der Waals surface area contributed by atoms with Crippen LogP contribution in [-0.4, -0.2) is 17.2 Å². The molecule has 1 heterocycles. The third kappa shape index (κ3) is 2.03. The van der Waals surface area contributed by atoms with Crippen LogP contribution in [0.5, 0.6) is 5.75 Å². The molecule has 2 N–H and O–H groups in total. The fourth-order valence-electron chi connectivity index (χ4n) is 1.41. The largest absolute Gasteiger partial charge is 0.490 e. The van der Waals surface area contributed by atoms with E-state index in [2.05, 4.69) is 5.16 Å². The second kappa shape index (κ2) is 4.12. The fourth-order valence-corrected chi connectivity index (χ4v) is 1.41. The quantitative estimate of drug-likeness (QED) is 0.642. The number of methoxy groups -OCH3 is 1. The van der Waals surface area contributed by atoms with E-state index in [9.17, 15) is 10.1 Å². The van der Waals surface area contributed by atoms with E-state index in [0.29, 0.717) is 11.3 Å². The first kappa shape index (κ1) is 10.9. The van der Waals surface area contributed by atoms with Gasteiger partial charge in [0.05, 0.1) is 12.0 Å². The number of nitrogen functional groups attached to an aromatic ring is 1. The SMILES string of the molecule is COc1cc(-c2cc(N)on2)ccc1[N+](=O)[O-]. The lowest BCUT2D eigenvalue weighted by molar-refractivity contribution is -0.385. The second-order valence-electron chi connectivity index (χ2n) is 3.26. The summed E-state index contributed by atoms with van der Waals surface area (Å²) in [6.07, 6.45) is 0. The number of anilines is 1. The number of rotatable bonds is 3. The molecule has 0 saturated heterocycles. The fraction of sp³-hybridized carbons (Fsp3) is 0.100. The number of hydrogen-bond acceptors (Lipinski definition) is 6. The highest BCUT2D eigenvalue weighted by Gasteiger charge is 2.16. The first-order valence-corrected chi connectivity index (χ1v) is 4.67. The molecule has 7 nitrogen and oxygen atoms in total. The molecule has 0 radical (unpaired) electrons. The summed E-state index contributed by atoms with van der Waals surface area (Å²) in [4.78, 5) is 10.2. The van der Waals surface area contributed by atoms with Gasteiger partial charge >= 0.3 is 5.69 Å². The molecule has 0 amide bonds. The molecule has 0 fully saturated rings. The maximum absolute atomic E-state index is 10.7. The lowest BCUT2D eigenvalue weighted by atomic mass is 10.1. The van der Waals surface area contributed by atoms with Crippen molar-refractivity contribution < 1.29 is 14.2 Å². The lowest BCUT2D eigenvalue weighted by Crippen LogP contribution is -1.93. The van der Waals surface area contributed by atoms with E-state index >= 15 is 0 Å². The van der Waals surface area contributed by atoms with Crippen molar-refractivity contribution in [2.75, 3.05) is 12.8 Å². The molecule has 0 aliphatic rings. The molecule has 0 saturated carbocycles. The highest BCUT2D eigenvalue weighted by molar-refractivity contribution is 5.66. The number of aromatic nitrogens is 1. The zero-order valence-electron chi connectivity index (χ0n) is 8.91. The topological polar surface area (TPSA) is 104 Å². The van der Waals surface area contributed by atoms with Gasteiger partial charge in [-0.25, -0.2) is 0 Å². The predicted octanol–water partition coefficient (Wildman–Crippen LogP) is 1.84. The molecule has 0 aliphatic carbocycles. The molecular weight excluding hydrogens is 226 g/mol. The molecule has 0 bridgehead atoms. The van der Waals surface area contributed by atoms with Gasteiger partial charge in [-0.15, -0.1) is 0 Å². The first-order chi connectivity index (χ1) is 8.11. The Balaban J connectivity index is 2.48. The zero-order chi connectivity index (χ0) is 12.4. The van der Waals surface area contributed by atoms with Gasteiger partial charge in [-0.05, 0) is 12.1 Å². The van der Waals surface area contributed by atoms with Crippen molar-refractivity contribution in [3.63, 3.8) is 0 Å². The Morgan fingerprint density at radius 2 is 2.24 bits per heavy atom. The van der Waals surface area contributed by atoms with Crippen LogP contribution in [0.1, 0.15) is 0 Å². The maximum Gasteiger partial charge on any atom is 0.310 e. The number of benzene rings is 1. The summed E-state index contributed by atoms with van der Waals surface area (Å²) in [7, 11) is 1.36. The van der Waals surface area contributed by atoms with Crippen LogP contribution in [0.3, 0.4) is 0 Å². The summed E-state index contributed by atoms with van der Waals surface area (Å²) in [5, 5.41) is 14.4. The maximum atomic E-state index is 10.7. The Kier molecular flexibility index (Phi) is 2.65. The van der Waals surface area contributed by atoms with E-state index in [-0.39, 0.29) is 17.3 Å². The second-order valence-corrected chi connectivity index (χ2v) is 3.26. The van der Waals surface area contributed by atoms with Crippen molar-refractivity contribution in [2.24, 2.45) is 0 Å². The van der Waals surface area contributed by atoms with Gasteiger partial charge in [-0.1, -0.05) is 5.16 Å².